The Morgan fingerprint density at radius 2 is 1.56 bits per heavy atom. The van der Waals surface area contributed by atoms with Crippen molar-refractivity contribution in [1.29, 1.82) is 0 Å². The third-order valence-electron chi connectivity index (χ3n) is 4.48. The Balaban J connectivity index is 2.90. The molecule has 0 saturated heterocycles. The van der Waals surface area contributed by atoms with Crippen molar-refractivity contribution in [3.63, 3.8) is 0 Å². The van der Waals surface area contributed by atoms with Gasteiger partial charge in [0.05, 0.1) is 13.0 Å². The third-order valence-corrected chi connectivity index (χ3v) is 4.48. The SMILES string of the molecule is CCOC[C@H](NC(=O)[C@H](CC(=O)OCc1ccccc1)NC(=O)[C@H](C)NC(=O)OC(C)(C)C)C(=O)O. The summed E-state index contributed by atoms with van der Waals surface area (Å²) >= 11 is 0. The van der Waals surface area contributed by atoms with Gasteiger partial charge in [-0.15, -0.1) is 0 Å². The van der Waals surface area contributed by atoms with Gasteiger partial charge in [-0.05, 0) is 40.2 Å². The zero-order valence-electron chi connectivity index (χ0n) is 21.2. The highest BCUT2D eigenvalue weighted by Crippen LogP contribution is 2.07. The molecule has 0 saturated carbocycles. The van der Waals surface area contributed by atoms with Gasteiger partial charge in [0.2, 0.25) is 11.8 Å². The van der Waals surface area contributed by atoms with Gasteiger partial charge in [0.1, 0.15) is 24.3 Å². The van der Waals surface area contributed by atoms with Crippen molar-refractivity contribution in [2.45, 2.75) is 71.4 Å². The molecule has 0 unspecified atom stereocenters. The second-order valence-corrected chi connectivity index (χ2v) is 8.84. The number of carboxylic acids is 1. The number of nitrogens with one attached hydrogen (secondary N) is 3. The molecule has 3 amide bonds. The van der Waals surface area contributed by atoms with Crippen LogP contribution in [0, 0.1) is 0 Å². The first kappa shape index (κ1) is 30.4. The van der Waals surface area contributed by atoms with E-state index in [1.807, 2.05) is 0 Å². The molecule has 36 heavy (non-hydrogen) atoms. The highest BCUT2D eigenvalue weighted by molar-refractivity contribution is 5.94. The number of esters is 1. The first-order valence-corrected chi connectivity index (χ1v) is 11.4. The molecule has 3 atom stereocenters. The van der Waals surface area contributed by atoms with Crippen molar-refractivity contribution in [2.75, 3.05) is 13.2 Å². The van der Waals surface area contributed by atoms with Crippen LogP contribution in [0.15, 0.2) is 30.3 Å². The van der Waals surface area contributed by atoms with Gasteiger partial charge < -0.3 is 35.3 Å². The van der Waals surface area contributed by atoms with Gasteiger partial charge >= 0.3 is 18.0 Å². The van der Waals surface area contributed by atoms with E-state index in [1.165, 1.54) is 6.92 Å². The summed E-state index contributed by atoms with van der Waals surface area (Å²) in [7, 11) is 0. The standard InChI is InChI=1S/C24H35N3O9/c1-6-34-14-18(22(31)32)27-21(30)17(12-19(28)35-13-16-10-8-7-9-11-16)26-20(29)15(2)25-23(33)36-24(3,4)5/h7-11,15,17-18H,6,12-14H2,1-5H3,(H,25,33)(H,26,29)(H,27,30)(H,31,32)/t15-,17-,18-/m0/s1. The summed E-state index contributed by atoms with van der Waals surface area (Å²) in [5.74, 6) is -3.89. The van der Waals surface area contributed by atoms with Gasteiger partial charge in [-0.1, -0.05) is 30.3 Å². The molecule has 4 N–H and O–H groups in total. The number of aliphatic carboxylic acids is 1. The Kier molecular flexibility index (Phi) is 12.4. The lowest BCUT2D eigenvalue weighted by molar-refractivity contribution is -0.148. The van der Waals surface area contributed by atoms with Gasteiger partial charge in [-0.2, -0.15) is 0 Å². The minimum atomic E-state index is -1.48. The van der Waals surface area contributed by atoms with E-state index in [4.69, 9.17) is 14.2 Å². The maximum atomic E-state index is 12.8. The molecular formula is C24H35N3O9. The molecule has 1 aromatic rings. The average Bonchev–Trinajstić information content (AvgIpc) is 2.78. The molecule has 0 aliphatic rings. The number of hydrogen-bond donors (Lipinski definition) is 4. The fourth-order valence-corrected chi connectivity index (χ4v) is 2.70. The number of carbonyl (C=O) groups excluding carboxylic acids is 4. The van der Waals surface area contributed by atoms with Gasteiger partial charge in [-0.3, -0.25) is 14.4 Å². The number of alkyl carbamates (subject to hydrolysis) is 1. The van der Waals surface area contributed by atoms with Crippen molar-refractivity contribution in [1.82, 2.24) is 16.0 Å². The molecule has 12 nitrogen and oxygen atoms in total. The third kappa shape index (κ3) is 12.2. The molecule has 0 aliphatic heterocycles. The predicted octanol–water partition coefficient (Wildman–Crippen LogP) is 1.12. The van der Waals surface area contributed by atoms with Gasteiger partial charge in [0.15, 0.2) is 6.04 Å². The summed E-state index contributed by atoms with van der Waals surface area (Å²) in [4.78, 5) is 61.4. The van der Waals surface area contributed by atoms with E-state index < -0.39 is 60.0 Å². The summed E-state index contributed by atoms with van der Waals surface area (Å²) in [6, 6.07) is 4.81. The monoisotopic (exact) mass is 509 g/mol. The van der Waals surface area contributed by atoms with E-state index in [0.29, 0.717) is 5.56 Å². The van der Waals surface area contributed by atoms with E-state index in [1.54, 1.807) is 58.0 Å². The van der Waals surface area contributed by atoms with E-state index >= 15 is 0 Å². The van der Waals surface area contributed by atoms with Crippen LogP contribution < -0.4 is 16.0 Å². The first-order chi connectivity index (χ1) is 16.8. The van der Waals surface area contributed by atoms with E-state index in [0.717, 1.165) is 0 Å². The highest BCUT2D eigenvalue weighted by atomic mass is 16.6. The van der Waals surface area contributed by atoms with E-state index in [-0.39, 0.29) is 19.8 Å². The number of benzene rings is 1. The minimum Gasteiger partial charge on any atom is -0.480 e. The second kappa shape index (κ2) is 14.7. The summed E-state index contributed by atoms with van der Waals surface area (Å²) in [5.41, 5.74) is -0.0776. The Labute approximate surface area is 210 Å². The number of amides is 3. The van der Waals surface area contributed by atoms with Crippen molar-refractivity contribution < 1.29 is 43.3 Å². The Morgan fingerprint density at radius 3 is 2.11 bits per heavy atom. The molecule has 0 spiro atoms. The van der Waals surface area contributed by atoms with Crippen LogP contribution in [0.25, 0.3) is 0 Å². The van der Waals surface area contributed by atoms with Crippen LogP contribution in [-0.2, 0) is 40.0 Å². The molecule has 0 aliphatic carbocycles. The zero-order chi connectivity index (χ0) is 27.3. The second-order valence-electron chi connectivity index (χ2n) is 8.84. The molecule has 0 aromatic heterocycles. The average molecular weight is 510 g/mol. The molecule has 0 heterocycles. The summed E-state index contributed by atoms with van der Waals surface area (Å²) in [6.07, 6.45) is -1.43. The molecule has 1 rings (SSSR count). The fraction of sp³-hybridized carbons (Fsp3) is 0.542. The molecule has 200 valence electrons. The lowest BCUT2D eigenvalue weighted by Gasteiger charge is -2.24. The molecule has 0 fully saturated rings. The van der Waals surface area contributed by atoms with Crippen molar-refractivity contribution in [2.24, 2.45) is 0 Å². The highest BCUT2D eigenvalue weighted by Gasteiger charge is 2.31. The maximum Gasteiger partial charge on any atom is 0.408 e. The molecular weight excluding hydrogens is 474 g/mol. The summed E-state index contributed by atoms with van der Waals surface area (Å²) in [5, 5.41) is 16.3. The van der Waals surface area contributed by atoms with Gasteiger partial charge in [0, 0.05) is 6.61 Å². The van der Waals surface area contributed by atoms with E-state index in [9.17, 15) is 29.1 Å². The van der Waals surface area contributed by atoms with Crippen molar-refractivity contribution in [3.8, 4) is 0 Å². The Bertz CT molecular complexity index is 900. The van der Waals surface area contributed by atoms with Crippen LogP contribution >= 0.6 is 0 Å². The number of carboxylic acid groups (broad SMARTS) is 1. The van der Waals surface area contributed by atoms with Crippen LogP contribution in [0.3, 0.4) is 0 Å². The number of rotatable bonds is 13. The summed E-state index contributed by atoms with van der Waals surface area (Å²) in [6.45, 7) is 7.83. The number of hydrogen-bond acceptors (Lipinski definition) is 8. The number of carbonyl (C=O) groups is 5. The van der Waals surface area contributed by atoms with Crippen LogP contribution in [0.1, 0.15) is 46.6 Å². The van der Waals surface area contributed by atoms with Crippen LogP contribution in [0.4, 0.5) is 4.79 Å². The van der Waals surface area contributed by atoms with Crippen molar-refractivity contribution >= 4 is 29.8 Å². The largest absolute Gasteiger partial charge is 0.480 e. The molecule has 1 aromatic carbocycles. The van der Waals surface area contributed by atoms with E-state index in [2.05, 4.69) is 16.0 Å². The Morgan fingerprint density at radius 1 is 0.944 bits per heavy atom. The van der Waals surface area contributed by atoms with Gasteiger partial charge in [-0.25, -0.2) is 9.59 Å². The smallest absolute Gasteiger partial charge is 0.408 e. The lowest BCUT2D eigenvalue weighted by atomic mass is 10.1. The normalized spacial score (nSPS) is 13.5. The van der Waals surface area contributed by atoms with Crippen molar-refractivity contribution in [3.05, 3.63) is 35.9 Å². The minimum absolute atomic E-state index is 0.0549. The maximum absolute atomic E-state index is 12.8. The molecule has 12 heteroatoms. The van der Waals surface area contributed by atoms with Crippen LogP contribution in [0.5, 0.6) is 0 Å². The van der Waals surface area contributed by atoms with Gasteiger partial charge in [0.25, 0.3) is 0 Å². The first-order valence-electron chi connectivity index (χ1n) is 11.4. The molecule has 0 radical (unpaired) electrons. The fourth-order valence-electron chi connectivity index (χ4n) is 2.70. The zero-order valence-corrected chi connectivity index (χ0v) is 21.2. The number of ether oxygens (including phenoxy) is 3. The van der Waals surface area contributed by atoms with Crippen LogP contribution in [-0.4, -0.2) is 71.9 Å². The Hall–Kier alpha value is -3.67. The topological polar surface area (TPSA) is 169 Å². The quantitative estimate of drug-likeness (QED) is 0.285. The molecule has 0 bridgehead atoms. The lowest BCUT2D eigenvalue weighted by Crippen LogP contribution is -2.56. The predicted molar refractivity (Wildman–Crippen MR) is 128 cm³/mol. The van der Waals surface area contributed by atoms with Crippen LogP contribution in [0.2, 0.25) is 0 Å². The summed E-state index contributed by atoms with van der Waals surface area (Å²) < 4.78 is 15.4.